The normalized spacial score (nSPS) is 11.7. The van der Waals surface area contributed by atoms with Crippen LogP contribution in [0.5, 0.6) is 0 Å². The fourth-order valence-corrected chi connectivity index (χ4v) is 2.35. The summed E-state index contributed by atoms with van der Waals surface area (Å²) in [6.07, 6.45) is 1.83. The van der Waals surface area contributed by atoms with Crippen molar-refractivity contribution in [3.63, 3.8) is 0 Å². The molecule has 128 valence electrons. The van der Waals surface area contributed by atoms with E-state index in [-0.39, 0.29) is 18.5 Å². The lowest BCUT2D eigenvalue weighted by Crippen LogP contribution is -2.41. The number of nitrogens with zero attached hydrogens (tertiary/aromatic N) is 3. The molecule has 0 saturated heterocycles. The number of hydrogen-bond acceptors (Lipinski definition) is 4. The third kappa shape index (κ3) is 4.11. The number of hydrogen-bond donors (Lipinski definition) is 3. The van der Waals surface area contributed by atoms with Gasteiger partial charge in [-0.3, -0.25) is 9.20 Å². The zero-order valence-electron chi connectivity index (χ0n) is 13.6. The predicted molar refractivity (Wildman–Crippen MR) is 93.0 cm³/mol. The van der Waals surface area contributed by atoms with Crippen LogP contribution < -0.4 is 16.0 Å². The summed E-state index contributed by atoms with van der Waals surface area (Å²) in [7, 11) is 0. The largest absolute Gasteiger partial charge is 0.329 e. The summed E-state index contributed by atoms with van der Waals surface area (Å²) in [5, 5.41) is 16.1. The Morgan fingerprint density at radius 2 is 1.84 bits per heavy atom. The minimum atomic E-state index is -0.455. The molecular weight excluding hydrogens is 320 g/mol. The molecule has 0 bridgehead atoms. The first kappa shape index (κ1) is 16.4. The van der Waals surface area contributed by atoms with Crippen molar-refractivity contribution in [2.75, 3.05) is 11.9 Å². The number of rotatable bonds is 5. The summed E-state index contributed by atoms with van der Waals surface area (Å²) in [5.41, 5.74) is 1.38. The maximum absolute atomic E-state index is 12.0. The van der Waals surface area contributed by atoms with E-state index in [9.17, 15) is 9.59 Å². The average molecular weight is 338 g/mol. The molecule has 0 unspecified atom stereocenters. The van der Waals surface area contributed by atoms with Crippen molar-refractivity contribution in [3.05, 3.63) is 60.6 Å². The minimum Gasteiger partial charge on any atom is -0.329 e. The third-order valence-corrected chi connectivity index (χ3v) is 3.54. The average Bonchev–Trinajstić information content (AvgIpc) is 3.05. The second kappa shape index (κ2) is 7.43. The number of pyridine rings is 1. The first-order chi connectivity index (χ1) is 12.1. The van der Waals surface area contributed by atoms with Crippen molar-refractivity contribution < 1.29 is 9.59 Å². The lowest BCUT2D eigenvalue weighted by molar-refractivity contribution is -0.115. The minimum absolute atomic E-state index is 0.131. The Bertz CT molecular complexity index is 877. The quantitative estimate of drug-likeness (QED) is 0.659. The van der Waals surface area contributed by atoms with Crippen LogP contribution in [0.15, 0.2) is 54.7 Å². The fourth-order valence-electron chi connectivity index (χ4n) is 2.35. The Hall–Kier alpha value is -3.42. The molecule has 0 saturated carbocycles. The molecule has 3 rings (SSSR count). The SMILES string of the molecule is C[C@@H](NC(=O)NCC(=O)Nc1ccccc1)c1nnc2ccccn12. The number of aromatic nitrogens is 3. The zero-order valence-corrected chi connectivity index (χ0v) is 13.6. The number of benzene rings is 1. The number of carbonyl (C=O) groups excluding carboxylic acids is 2. The van der Waals surface area contributed by atoms with Crippen LogP contribution in [0.2, 0.25) is 0 Å². The van der Waals surface area contributed by atoms with E-state index < -0.39 is 6.03 Å². The molecule has 25 heavy (non-hydrogen) atoms. The highest BCUT2D eigenvalue weighted by Gasteiger charge is 2.15. The van der Waals surface area contributed by atoms with Crippen LogP contribution in [0.3, 0.4) is 0 Å². The van der Waals surface area contributed by atoms with Crippen molar-refractivity contribution in [1.82, 2.24) is 25.2 Å². The Labute approximate surface area is 144 Å². The number of carbonyl (C=O) groups is 2. The van der Waals surface area contributed by atoms with Crippen molar-refractivity contribution in [1.29, 1.82) is 0 Å². The zero-order chi connectivity index (χ0) is 17.6. The topological polar surface area (TPSA) is 100 Å². The smallest absolute Gasteiger partial charge is 0.315 e. The standard InChI is InChI=1S/C17H18N6O2/c1-12(16-22-21-14-9-5-6-10-23(14)16)19-17(25)18-11-15(24)20-13-7-3-2-4-8-13/h2-10,12H,11H2,1H3,(H,20,24)(H2,18,19,25)/t12-/m1/s1. The van der Waals surface area contributed by atoms with Gasteiger partial charge in [0.05, 0.1) is 12.6 Å². The van der Waals surface area contributed by atoms with Crippen LogP contribution in [0.25, 0.3) is 5.65 Å². The molecular formula is C17H18N6O2. The van der Waals surface area contributed by atoms with E-state index in [2.05, 4.69) is 26.1 Å². The van der Waals surface area contributed by atoms with Gasteiger partial charge >= 0.3 is 6.03 Å². The van der Waals surface area contributed by atoms with Crippen LogP contribution in [0, 0.1) is 0 Å². The van der Waals surface area contributed by atoms with E-state index >= 15 is 0 Å². The number of nitrogens with one attached hydrogen (secondary N) is 3. The summed E-state index contributed by atoms with van der Waals surface area (Å²) in [5.74, 6) is 0.307. The van der Waals surface area contributed by atoms with Crippen LogP contribution in [0.1, 0.15) is 18.8 Å². The Kier molecular flexibility index (Phi) is 4.89. The molecule has 2 aromatic heterocycles. The van der Waals surface area contributed by atoms with Crippen molar-refractivity contribution in [2.24, 2.45) is 0 Å². The van der Waals surface area contributed by atoms with E-state index in [1.807, 2.05) is 42.6 Å². The Balaban J connectivity index is 1.51. The molecule has 8 nitrogen and oxygen atoms in total. The second-order valence-electron chi connectivity index (χ2n) is 5.45. The highest BCUT2D eigenvalue weighted by molar-refractivity contribution is 5.94. The molecule has 3 amide bonds. The fraction of sp³-hybridized carbons (Fsp3) is 0.176. The molecule has 3 N–H and O–H groups in total. The van der Waals surface area contributed by atoms with Crippen LogP contribution in [-0.4, -0.2) is 33.1 Å². The van der Waals surface area contributed by atoms with Gasteiger partial charge in [0.25, 0.3) is 0 Å². The third-order valence-electron chi connectivity index (χ3n) is 3.54. The van der Waals surface area contributed by atoms with Crippen molar-refractivity contribution in [3.8, 4) is 0 Å². The van der Waals surface area contributed by atoms with E-state index in [0.29, 0.717) is 17.2 Å². The van der Waals surface area contributed by atoms with Crippen molar-refractivity contribution in [2.45, 2.75) is 13.0 Å². The van der Waals surface area contributed by atoms with Gasteiger partial charge in [0.1, 0.15) is 0 Å². The van der Waals surface area contributed by atoms with Crippen LogP contribution in [-0.2, 0) is 4.79 Å². The van der Waals surface area contributed by atoms with Gasteiger partial charge in [-0.05, 0) is 31.2 Å². The molecule has 8 heteroatoms. The van der Waals surface area contributed by atoms with E-state index in [1.165, 1.54) is 0 Å². The number of urea groups is 1. The van der Waals surface area contributed by atoms with Gasteiger partial charge in [-0.15, -0.1) is 10.2 Å². The molecule has 1 aromatic carbocycles. The van der Waals surface area contributed by atoms with Gasteiger partial charge in [0.2, 0.25) is 5.91 Å². The molecule has 1 atom stereocenters. The number of amides is 3. The highest BCUT2D eigenvalue weighted by atomic mass is 16.2. The maximum atomic E-state index is 12.0. The number of fused-ring (bicyclic) bond motifs is 1. The Morgan fingerprint density at radius 1 is 1.08 bits per heavy atom. The molecule has 0 aliphatic rings. The molecule has 0 aliphatic carbocycles. The van der Waals surface area contributed by atoms with Gasteiger partial charge in [-0.25, -0.2) is 4.79 Å². The monoisotopic (exact) mass is 338 g/mol. The first-order valence-electron chi connectivity index (χ1n) is 7.82. The van der Waals surface area contributed by atoms with Crippen molar-refractivity contribution >= 4 is 23.3 Å². The van der Waals surface area contributed by atoms with Gasteiger partial charge < -0.3 is 16.0 Å². The summed E-state index contributed by atoms with van der Waals surface area (Å²) in [4.78, 5) is 23.8. The van der Waals surface area contributed by atoms with Gasteiger partial charge in [-0.2, -0.15) is 0 Å². The Morgan fingerprint density at radius 3 is 2.64 bits per heavy atom. The molecule has 2 heterocycles. The second-order valence-corrected chi connectivity index (χ2v) is 5.45. The lowest BCUT2D eigenvalue weighted by Gasteiger charge is -2.13. The van der Waals surface area contributed by atoms with E-state index in [1.54, 1.807) is 23.5 Å². The molecule has 0 radical (unpaired) electrons. The van der Waals surface area contributed by atoms with Gasteiger partial charge in [0.15, 0.2) is 11.5 Å². The summed E-state index contributed by atoms with van der Waals surface area (Å²) >= 11 is 0. The molecule has 0 fully saturated rings. The van der Waals surface area contributed by atoms with Crippen LogP contribution in [0.4, 0.5) is 10.5 Å². The summed E-state index contributed by atoms with van der Waals surface area (Å²) in [6, 6.07) is 13.8. The van der Waals surface area contributed by atoms with Gasteiger partial charge in [0, 0.05) is 11.9 Å². The van der Waals surface area contributed by atoms with E-state index in [0.717, 1.165) is 0 Å². The van der Waals surface area contributed by atoms with E-state index in [4.69, 9.17) is 0 Å². The summed E-state index contributed by atoms with van der Waals surface area (Å²) < 4.78 is 1.80. The highest BCUT2D eigenvalue weighted by Crippen LogP contribution is 2.11. The summed E-state index contributed by atoms with van der Waals surface area (Å²) in [6.45, 7) is 1.67. The van der Waals surface area contributed by atoms with Gasteiger partial charge in [-0.1, -0.05) is 24.3 Å². The lowest BCUT2D eigenvalue weighted by atomic mass is 10.3. The molecule has 0 aliphatic heterocycles. The maximum Gasteiger partial charge on any atom is 0.315 e. The number of para-hydroxylation sites is 1. The molecule has 0 spiro atoms. The molecule has 3 aromatic rings. The van der Waals surface area contributed by atoms with Crippen LogP contribution >= 0.6 is 0 Å². The number of anilines is 1. The predicted octanol–water partition coefficient (Wildman–Crippen LogP) is 1.73. The first-order valence-corrected chi connectivity index (χ1v) is 7.82.